The number of nitriles is 1. The molecule has 0 heterocycles. The SMILES string of the molecule is CC.CC(=O)/C(C#N)=C\C1CC1. The molecule has 66 valence electrons. The number of Topliss-reactive ketones (excluding diaryl/α,β-unsaturated/α-hetero) is 1. The number of nitrogens with zero attached hydrogens (tertiary/aromatic N) is 1. The number of rotatable bonds is 2. The second kappa shape index (κ2) is 5.54. The van der Waals surface area contributed by atoms with Crippen molar-refractivity contribution < 1.29 is 4.79 Å². The van der Waals surface area contributed by atoms with Crippen molar-refractivity contribution in [2.24, 2.45) is 5.92 Å². The molecule has 0 aliphatic heterocycles. The van der Waals surface area contributed by atoms with E-state index < -0.39 is 0 Å². The maximum Gasteiger partial charge on any atom is 0.169 e. The van der Waals surface area contributed by atoms with Gasteiger partial charge in [0.25, 0.3) is 0 Å². The molecule has 2 heteroatoms. The van der Waals surface area contributed by atoms with Gasteiger partial charge in [0.2, 0.25) is 0 Å². The minimum absolute atomic E-state index is 0.116. The third-order valence-electron chi connectivity index (χ3n) is 1.52. The molecule has 1 saturated carbocycles. The van der Waals surface area contributed by atoms with E-state index in [2.05, 4.69) is 0 Å². The van der Waals surface area contributed by atoms with Gasteiger partial charge in [0.15, 0.2) is 5.78 Å². The molecule has 0 saturated heterocycles. The van der Waals surface area contributed by atoms with E-state index in [1.807, 2.05) is 19.9 Å². The zero-order chi connectivity index (χ0) is 9.56. The fraction of sp³-hybridized carbons (Fsp3) is 0.600. The average Bonchev–Trinajstić information content (AvgIpc) is 2.87. The van der Waals surface area contributed by atoms with E-state index in [9.17, 15) is 4.79 Å². The maximum absolute atomic E-state index is 10.6. The van der Waals surface area contributed by atoms with Crippen molar-refractivity contribution in [3.8, 4) is 6.07 Å². The van der Waals surface area contributed by atoms with Crippen LogP contribution in [-0.2, 0) is 4.79 Å². The number of carbonyl (C=O) groups is 1. The molecular formula is C10H15NO. The van der Waals surface area contributed by atoms with Crippen LogP contribution in [0.25, 0.3) is 0 Å². The summed E-state index contributed by atoms with van der Waals surface area (Å²) in [7, 11) is 0. The summed E-state index contributed by atoms with van der Waals surface area (Å²) in [5.41, 5.74) is 0.322. The van der Waals surface area contributed by atoms with Crippen molar-refractivity contribution in [2.75, 3.05) is 0 Å². The van der Waals surface area contributed by atoms with Crippen LogP contribution in [0.1, 0.15) is 33.6 Å². The number of hydrogen-bond acceptors (Lipinski definition) is 2. The summed E-state index contributed by atoms with van der Waals surface area (Å²) in [6.45, 7) is 5.43. The lowest BCUT2D eigenvalue weighted by Crippen LogP contribution is -1.93. The Morgan fingerprint density at radius 3 is 2.25 bits per heavy atom. The minimum Gasteiger partial charge on any atom is -0.294 e. The smallest absolute Gasteiger partial charge is 0.169 e. The lowest BCUT2D eigenvalue weighted by molar-refractivity contribution is -0.113. The Morgan fingerprint density at radius 2 is 2.00 bits per heavy atom. The molecule has 2 nitrogen and oxygen atoms in total. The molecule has 0 radical (unpaired) electrons. The van der Waals surface area contributed by atoms with E-state index >= 15 is 0 Å². The molecule has 0 aromatic heterocycles. The number of hydrogen-bond donors (Lipinski definition) is 0. The van der Waals surface area contributed by atoms with Gasteiger partial charge in [0.1, 0.15) is 6.07 Å². The van der Waals surface area contributed by atoms with Gasteiger partial charge in [-0.2, -0.15) is 5.26 Å². The van der Waals surface area contributed by atoms with E-state index in [0.29, 0.717) is 11.5 Å². The lowest BCUT2D eigenvalue weighted by Gasteiger charge is -1.86. The molecule has 0 aromatic carbocycles. The molecule has 1 fully saturated rings. The Labute approximate surface area is 73.9 Å². The van der Waals surface area contributed by atoms with Crippen LogP contribution in [0.15, 0.2) is 11.6 Å². The van der Waals surface area contributed by atoms with Crippen molar-refractivity contribution in [1.29, 1.82) is 5.26 Å². The molecule has 0 N–H and O–H groups in total. The molecule has 0 amide bonds. The molecule has 0 atom stereocenters. The Hall–Kier alpha value is -1.10. The van der Waals surface area contributed by atoms with Crippen molar-refractivity contribution in [3.05, 3.63) is 11.6 Å². The standard InChI is InChI=1S/C8H9NO.C2H6/c1-6(10)8(5-9)4-7-2-3-7;1-2/h4,7H,2-3H2,1H3;1-2H3/b8-4-;. The third kappa shape index (κ3) is 3.92. The lowest BCUT2D eigenvalue weighted by atomic mass is 10.1. The number of ketones is 1. The topological polar surface area (TPSA) is 40.9 Å². The van der Waals surface area contributed by atoms with Crippen LogP contribution >= 0.6 is 0 Å². The van der Waals surface area contributed by atoms with E-state index in [1.165, 1.54) is 6.92 Å². The highest BCUT2D eigenvalue weighted by atomic mass is 16.1. The predicted molar refractivity (Wildman–Crippen MR) is 48.4 cm³/mol. The highest BCUT2D eigenvalue weighted by molar-refractivity contribution is 5.97. The summed E-state index contributed by atoms with van der Waals surface area (Å²) < 4.78 is 0. The van der Waals surface area contributed by atoms with Gasteiger partial charge in [-0.25, -0.2) is 0 Å². The van der Waals surface area contributed by atoms with E-state index in [0.717, 1.165) is 12.8 Å². The zero-order valence-electron chi connectivity index (χ0n) is 7.92. The second-order valence-corrected chi connectivity index (χ2v) is 2.59. The molecule has 1 aliphatic rings. The molecule has 1 aliphatic carbocycles. The maximum atomic E-state index is 10.6. The highest BCUT2D eigenvalue weighted by Crippen LogP contribution is 2.31. The van der Waals surface area contributed by atoms with E-state index in [1.54, 1.807) is 6.08 Å². The van der Waals surface area contributed by atoms with Crippen molar-refractivity contribution in [3.63, 3.8) is 0 Å². The fourth-order valence-corrected chi connectivity index (χ4v) is 0.732. The van der Waals surface area contributed by atoms with Gasteiger partial charge in [-0.1, -0.05) is 19.9 Å². The largest absolute Gasteiger partial charge is 0.294 e. The van der Waals surface area contributed by atoms with Crippen LogP contribution in [0, 0.1) is 17.2 Å². The molecular weight excluding hydrogens is 150 g/mol. The first-order valence-corrected chi connectivity index (χ1v) is 4.37. The normalized spacial score (nSPS) is 15.7. The van der Waals surface area contributed by atoms with Crippen molar-refractivity contribution >= 4 is 5.78 Å². The van der Waals surface area contributed by atoms with Crippen LogP contribution < -0.4 is 0 Å². The van der Waals surface area contributed by atoms with Gasteiger partial charge in [0.05, 0.1) is 5.57 Å². The van der Waals surface area contributed by atoms with Crippen molar-refractivity contribution in [2.45, 2.75) is 33.6 Å². The Morgan fingerprint density at radius 1 is 1.50 bits per heavy atom. The van der Waals surface area contributed by atoms with Gasteiger partial charge < -0.3 is 0 Å². The molecule has 0 bridgehead atoms. The van der Waals surface area contributed by atoms with Crippen LogP contribution in [0.5, 0.6) is 0 Å². The summed E-state index contributed by atoms with van der Waals surface area (Å²) >= 11 is 0. The molecule has 0 unspecified atom stereocenters. The molecule has 1 rings (SSSR count). The van der Waals surface area contributed by atoms with Crippen LogP contribution in [0.3, 0.4) is 0 Å². The molecule has 0 aromatic rings. The van der Waals surface area contributed by atoms with Gasteiger partial charge >= 0.3 is 0 Å². The number of allylic oxidation sites excluding steroid dienone is 2. The number of carbonyl (C=O) groups excluding carboxylic acids is 1. The Bertz CT molecular complexity index is 218. The summed E-state index contributed by atoms with van der Waals surface area (Å²) in [6, 6.07) is 1.88. The second-order valence-electron chi connectivity index (χ2n) is 2.59. The summed E-state index contributed by atoms with van der Waals surface area (Å²) in [5.74, 6) is 0.396. The Balaban J connectivity index is 0.000000561. The molecule has 0 spiro atoms. The Kier molecular flexibility index (Phi) is 5.03. The fourth-order valence-electron chi connectivity index (χ4n) is 0.732. The zero-order valence-corrected chi connectivity index (χ0v) is 7.92. The van der Waals surface area contributed by atoms with Gasteiger partial charge in [-0.15, -0.1) is 0 Å². The van der Waals surface area contributed by atoms with E-state index in [4.69, 9.17) is 5.26 Å². The highest BCUT2D eigenvalue weighted by Gasteiger charge is 2.20. The van der Waals surface area contributed by atoms with Crippen LogP contribution in [-0.4, -0.2) is 5.78 Å². The van der Waals surface area contributed by atoms with Crippen LogP contribution in [0.4, 0.5) is 0 Å². The summed E-state index contributed by atoms with van der Waals surface area (Å²) in [4.78, 5) is 10.6. The van der Waals surface area contributed by atoms with Gasteiger partial charge in [-0.3, -0.25) is 4.79 Å². The van der Waals surface area contributed by atoms with Crippen molar-refractivity contribution in [1.82, 2.24) is 0 Å². The van der Waals surface area contributed by atoms with Crippen LogP contribution in [0.2, 0.25) is 0 Å². The first kappa shape index (κ1) is 10.9. The average molecular weight is 165 g/mol. The first-order valence-electron chi connectivity index (χ1n) is 4.37. The van der Waals surface area contributed by atoms with E-state index in [-0.39, 0.29) is 5.78 Å². The third-order valence-corrected chi connectivity index (χ3v) is 1.52. The quantitative estimate of drug-likeness (QED) is 0.466. The van der Waals surface area contributed by atoms with Gasteiger partial charge in [-0.05, 0) is 25.7 Å². The predicted octanol–water partition coefficient (Wildman–Crippen LogP) is 2.46. The summed E-state index contributed by atoms with van der Waals surface area (Å²) in [5, 5.41) is 8.43. The molecule has 12 heavy (non-hydrogen) atoms. The first-order chi connectivity index (χ1) is 5.74. The minimum atomic E-state index is -0.116. The summed E-state index contributed by atoms with van der Waals surface area (Å²) in [6.07, 6.45) is 4.05. The van der Waals surface area contributed by atoms with Gasteiger partial charge in [0, 0.05) is 0 Å². The monoisotopic (exact) mass is 165 g/mol.